The topological polar surface area (TPSA) is 74.7 Å². The maximum absolute atomic E-state index is 11.2. The lowest BCUT2D eigenvalue weighted by molar-refractivity contribution is -0.152. The first-order valence-electron chi connectivity index (χ1n) is 3.54. The van der Waals surface area contributed by atoms with Crippen molar-refractivity contribution in [2.45, 2.75) is 13.0 Å². The summed E-state index contributed by atoms with van der Waals surface area (Å²) in [5, 5.41) is 7.72. The molecular weight excluding hydrogens is 233 g/mol. The SMILES string of the molecule is CC(C(=O)O)N1C(=O)C(Cl)=C(Cl)C1=O. The highest BCUT2D eigenvalue weighted by Gasteiger charge is 2.41. The van der Waals surface area contributed by atoms with E-state index in [0.717, 1.165) is 0 Å². The van der Waals surface area contributed by atoms with Crippen LogP contribution in [0.2, 0.25) is 0 Å². The first-order valence-corrected chi connectivity index (χ1v) is 4.29. The van der Waals surface area contributed by atoms with Crippen LogP contribution in [0.15, 0.2) is 10.1 Å². The van der Waals surface area contributed by atoms with E-state index >= 15 is 0 Å². The number of aliphatic carboxylic acids is 1. The number of hydrogen-bond donors (Lipinski definition) is 1. The molecule has 0 aromatic rings. The van der Waals surface area contributed by atoms with E-state index in [1.807, 2.05) is 0 Å². The summed E-state index contributed by atoms with van der Waals surface area (Å²) in [6.07, 6.45) is 0. The summed E-state index contributed by atoms with van der Waals surface area (Å²) < 4.78 is 0. The maximum Gasteiger partial charge on any atom is 0.326 e. The summed E-state index contributed by atoms with van der Waals surface area (Å²) in [5.41, 5.74) is 0. The summed E-state index contributed by atoms with van der Waals surface area (Å²) in [6, 6.07) is -1.28. The fourth-order valence-electron chi connectivity index (χ4n) is 0.954. The zero-order valence-electron chi connectivity index (χ0n) is 6.95. The first kappa shape index (κ1) is 11.0. The molecule has 0 saturated carbocycles. The molecule has 2 amide bonds. The minimum absolute atomic E-state index is 0.440. The van der Waals surface area contributed by atoms with Crippen LogP contribution in [-0.2, 0) is 14.4 Å². The Hall–Kier alpha value is -1.07. The van der Waals surface area contributed by atoms with Gasteiger partial charge in [0, 0.05) is 0 Å². The van der Waals surface area contributed by atoms with Gasteiger partial charge in [-0.15, -0.1) is 0 Å². The molecule has 0 fully saturated rings. The van der Waals surface area contributed by atoms with Gasteiger partial charge in [-0.1, -0.05) is 23.2 Å². The molecule has 7 heteroatoms. The molecule has 5 nitrogen and oxygen atoms in total. The van der Waals surface area contributed by atoms with Crippen molar-refractivity contribution in [2.24, 2.45) is 0 Å². The second-order valence-electron chi connectivity index (χ2n) is 2.62. The maximum atomic E-state index is 11.2. The summed E-state index contributed by atoms with van der Waals surface area (Å²) in [5.74, 6) is -3.06. The number of carboxylic acid groups (broad SMARTS) is 1. The number of nitrogens with zero attached hydrogens (tertiary/aromatic N) is 1. The van der Waals surface area contributed by atoms with Crippen LogP contribution in [0.3, 0.4) is 0 Å². The predicted molar refractivity (Wildman–Crippen MR) is 47.7 cm³/mol. The number of carbonyl (C=O) groups excluding carboxylic acids is 2. The van der Waals surface area contributed by atoms with E-state index in [4.69, 9.17) is 28.3 Å². The average molecular weight is 238 g/mol. The van der Waals surface area contributed by atoms with E-state index in [2.05, 4.69) is 0 Å². The van der Waals surface area contributed by atoms with E-state index in [-0.39, 0.29) is 0 Å². The Balaban J connectivity index is 3.04. The van der Waals surface area contributed by atoms with Gasteiger partial charge in [0.1, 0.15) is 16.1 Å². The number of amides is 2. The molecule has 0 aromatic carbocycles. The Morgan fingerprint density at radius 1 is 1.29 bits per heavy atom. The lowest BCUT2D eigenvalue weighted by atomic mass is 10.3. The van der Waals surface area contributed by atoms with Crippen molar-refractivity contribution in [3.63, 3.8) is 0 Å². The third-order valence-corrected chi connectivity index (χ3v) is 2.55. The molecule has 0 aromatic heterocycles. The molecular formula is C7H5Cl2NO4. The minimum Gasteiger partial charge on any atom is -0.480 e. The molecule has 1 heterocycles. The van der Waals surface area contributed by atoms with Crippen molar-refractivity contribution in [1.82, 2.24) is 4.90 Å². The van der Waals surface area contributed by atoms with Crippen LogP contribution >= 0.6 is 23.2 Å². The van der Waals surface area contributed by atoms with Crippen LogP contribution in [0, 0.1) is 0 Å². The quantitative estimate of drug-likeness (QED) is 0.711. The second kappa shape index (κ2) is 3.59. The summed E-state index contributed by atoms with van der Waals surface area (Å²) >= 11 is 10.8. The van der Waals surface area contributed by atoms with Crippen molar-refractivity contribution in [2.75, 3.05) is 0 Å². The first-order chi connectivity index (χ1) is 6.37. The van der Waals surface area contributed by atoms with Crippen LogP contribution in [0.5, 0.6) is 0 Å². The standard InChI is InChI=1S/C7H5Cl2NO4/c1-2(7(13)14)10-5(11)3(8)4(9)6(10)12/h2H,1H3,(H,13,14). The fourth-order valence-corrected chi connectivity index (χ4v) is 1.30. The van der Waals surface area contributed by atoms with Gasteiger partial charge in [0.05, 0.1) is 0 Å². The minimum atomic E-state index is -1.30. The summed E-state index contributed by atoms with van der Waals surface area (Å²) in [7, 11) is 0. The molecule has 0 radical (unpaired) electrons. The lowest BCUT2D eigenvalue weighted by Gasteiger charge is -2.18. The van der Waals surface area contributed by atoms with Crippen molar-refractivity contribution in [3.8, 4) is 0 Å². The molecule has 0 saturated heterocycles. The number of carbonyl (C=O) groups is 3. The molecule has 76 valence electrons. The lowest BCUT2D eigenvalue weighted by Crippen LogP contribution is -2.43. The number of rotatable bonds is 2. The monoisotopic (exact) mass is 237 g/mol. The predicted octanol–water partition coefficient (Wildman–Crippen LogP) is 0.518. The van der Waals surface area contributed by atoms with E-state index < -0.39 is 33.9 Å². The van der Waals surface area contributed by atoms with Gasteiger partial charge in [-0.2, -0.15) is 0 Å². The Kier molecular flexibility index (Phi) is 2.82. The van der Waals surface area contributed by atoms with Gasteiger partial charge < -0.3 is 5.11 Å². The molecule has 0 aliphatic carbocycles. The molecule has 1 atom stereocenters. The molecule has 1 N–H and O–H groups in total. The Morgan fingerprint density at radius 3 is 1.93 bits per heavy atom. The van der Waals surface area contributed by atoms with Gasteiger partial charge in [-0.25, -0.2) is 4.79 Å². The van der Waals surface area contributed by atoms with Gasteiger partial charge in [-0.05, 0) is 6.92 Å². The Morgan fingerprint density at radius 2 is 1.64 bits per heavy atom. The summed E-state index contributed by atoms with van der Waals surface area (Å²) in [4.78, 5) is 33.5. The summed E-state index contributed by atoms with van der Waals surface area (Å²) in [6.45, 7) is 1.19. The normalized spacial score (nSPS) is 19.2. The van der Waals surface area contributed by atoms with Crippen LogP contribution in [-0.4, -0.2) is 33.8 Å². The molecule has 1 aliphatic rings. The van der Waals surface area contributed by atoms with Crippen LogP contribution in [0.4, 0.5) is 0 Å². The van der Waals surface area contributed by atoms with Crippen molar-refractivity contribution < 1.29 is 19.5 Å². The smallest absolute Gasteiger partial charge is 0.326 e. The van der Waals surface area contributed by atoms with Crippen LogP contribution in [0.1, 0.15) is 6.92 Å². The largest absolute Gasteiger partial charge is 0.480 e. The second-order valence-corrected chi connectivity index (χ2v) is 3.38. The zero-order chi connectivity index (χ0) is 11.0. The molecule has 0 spiro atoms. The highest BCUT2D eigenvalue weighted by molar-refractivity contribution is 6.58. The number of halogens is 2. The molecule has 1 rings (SSSR count). The van der Waals surface area contributed by atoms with Gasteiger partial charge in [0.25, 0.3) is 11.8 Å². The zero-order valence-corrected chi connectivity index (χ0v) is 8.46. The number of imide groups is 1. The van der Waals surface area contributed by atoms with Crippen LogP contribution in [0.25, 0.3) is 0 Å². The highest BCUT2D eigenvalue weighted by atomic mass is 35.5. The molecule has 14 heavy (non-hydrogen) atoms. The van der Waals surface area contributed by atoms with E-state index in [9.17, 15) is 14.4 Å². The van der Waals surface area contributed by atoms with Crippen molar-refractivity contribution in [1.29, 1.82) is 0 Å². The fraction of sp³-hybridized carbons (Fsp3) is 0.286. The molecule has 1 aliphatic heterocycles. The number of carboxylic acids is 1. The van der Waals surface area contributed by atoms with E-state index in [1.54, 1.807) is 0 Å². The third kappa shape index (κ3) is 1.49. The third-order valence-electron chi connectivity index (χ3n) is 1.75. The van der Waals surface area contributed by atoms with Gasteiger partial charge in [0.2, 0.25) is 0 Å². The Labute approximate surface area is 88.9 Å². The van der Waals surface area contributed by atoms with Gasteiger partial charge in [0.15, 0.2) is 0 Å². The number of hydrogen-bond acceptors (Lipinski definition) is 3. The molecule has 1 unspecified atom stereocenters. The molecule has 0 bridgehead atoms. The highest BCUT2D eigenvalue weighted by Crippen LogP contribution is 2.27. The van der Waals surface area contributed by atoms with E-state index in [1.165, 1.54) is 6.92 Å². The van der Waals surface area contributed by atoms with Crippen molar-refractivity contribution >= 4 is 41.0 Å². The van der Waals surface area contributed by atoms with Gasteiger partial charge in [-0.3, -0.25) is 14.5 Å². The van der Waals surface area contributed by atoms with Gasteiger partial charge >= 0.3 is 5.97 Å². The average Bonchev–Trinajstić information content (AvgIpc) is 2.30. The van der Waals surface area contributed by atoms with E-state index in [0.29, 0.717) is 4.90 Å². The van der Waals surface area contributed by atoms with Crippen molar-refractivity contribution in [3.05, 3.63) is 10.1 Å². The van der Waals surface area contributed by atoms with Crippen LogP contribution < -0.4 is 0 Å². The Bertz CT molecular complexity index is 339.